The van der Waals surface area contributed by atoms with E-state index in [1.54, 1.807) is 6.20 Å². The zero-order chi connectivity index (χ0) is 15.2. The van der Waals surface area contributed by atoms with Crippen LogP contribution in [0.2, 0.25) is 0 Å². The van der Waals surface area contributed by atoms with E-state index in [2.05, 4.69) is 15.1 Å². The first-order valence-electron chi connectivity index (χ1n) is 7.19. The number of carbonyl (C=O) groups excluding carboxylic acids is 1. The SMILES string of the molecule is NC(=O)C1(c2nc(-c3nccc4ccccc34)no2)CCC1. The van der Waals surface area contributed by atoms with Gasteiger partial charge in [-0.05, 0) is 24.3 Å². The summed E-state index contributed by atoms with van der Waals surface area (Å²) in [5.41, 5.74) is 5.37. The third-order valence-electron chi connectivity index (χ3n) is 4.40. The van der Waals surface area contributed by atoms with Gasteiger partial charge in [-0.25, -0.2) is 0 Å². The fourth-order valence-electron chi connectivity index (χ4n) is 2.91. The van der Waals surface area contributed by atoms with Gasteiger partial charge in [-0.2, -0.15) is 4.98 Å². The van der Waals surface area contributed by atoms with Crippen LogP contribution >= 0.6 is 0 Å². The highest BCUT2D eigenvalue weighted by Crippen LogP contribution is 2.43. The maximum atomic E-state index is 11.7. The van der Waals surface area contributed by atoms with Crippen LogP contribution in [0.1, 0.15) is 25.2 Å². The molecule has 1 aromatic carbocycles. The van der Waals surface area contributed by atoms with Gasteiger partial charge in [0.25, 0.3) is 0 Å². The number of amides is 1. The monoisotopic (exact) mass is 294 g/mol. The Kier molecular flexibility index (Phi) is 2.72. The van der Waals surface area contributed by atoms with E-state index in [0.29, 0.717) is 30.3 Å². The van der Waals surface area contributed by atoms with Gasteiger partial charge >= 0.3 is 0 Å². The van der Waals surface area contributed by atoms with Crippen molar-refractivity contribution in [3.05, 3.63) is 42.4 Å². The van der Waals surface area contributed by atoms with Gasteiger partial charge in [0.2, 0.25) is 17.6 Å². The summed E-state index contributed by atoms with van der Waals surface area (Å²) < 4.78 is 5.33. The number of benzene rings is 1. The van der Waals surface area contributed by atoms with E-state index in [-0.39, 0.29) is 0 Å². The molecule has 0 saturated heterocycles. The maximum absolute atomic E-state index is 11.7. The van der Waals surface area contributed by atoms with Crippen LogP contribution in [0.15, 0.2) is 41.1 Å². The summed E-state index contributed by atoms with van der Waals surface area (Å²) in [6, 6.07) is 9.78. The summed E-state index contributed by atoms with van der Waals surface area (Å²) in [7, 11) is 0. The lowest BCUT2D eigenvalue weighted by atomic mass is 9.68. The van der Waals surface area contributed by atoms with Crippen LogP contribution < -0.4 is 5.73 Å². The molecule has 0 atom stereocenters. The Hall–Kier alpha value is -2.76. The van der Waals surface area contributed by atoms with Crippen molar-refractivity contribution < 1.29 is 9.32 Å². The largest absolute Gasteiger partial charge is 0.369 e. The Morgan fingerprint density at radius 3 is 2.77 bits per heavy atom. The molecule has 0 radical (unpaired) electrons. The molecule has 1 aliphatic rings. The van der Waals surface area contributed by atoms with Gasteiger partial charge in [0.1, 0.15) is 11.1 Å². The van der Waals surface area contributed by atoms with Gasteiger partial charge < -0.3 is 10.3 Å². The number of pyridine rings is 1. The topological polar surface area (TPSA) is 94.9 Å². The molecule has 2 aromatic heterocycles. The standard InChI is InChI=1S/C16H14N4O2/c17-14(21)16(7-3-8-16)15-19-13(20-22-15)12-11-5-2-1-4-10(11)6-9-18-12/h1-2,4-6,9H,3,7-8H2,(H2,17,21). The van der Waals surface area contributed by atoms with Crippen molar-refractivity contribution in [2.45, 2.75) is 24.7 Å². The van der Waals surface area contributed by atoms with Crippen LogP contribution in [0.4, 0.5) is 0 Å². The van der Waals surface area contributed by atoms with E-state index in [0.717, 1.165) is 17.2 Å². The van der Waals surface area contributed by atoms with E-state index < -0.39 is 11.3 Å². The molecule has 2 heterocycles. The van der Waals surface area contributed by atoms with Gasteiger partial charge in [-0.1, -0.05) is 35.8 Å². The van der Waals surface area contributed by atoms with E-state index in [1.807, 2.05) is 30.3 Å². The molecular weight excluding hydrogens is 280 g/mol. The molecule has 6 nitrogen and oxygen atoms in total. The fraction of sp³-hybridized carbons (Fsp3) is 0.250. The lowest BCUT2D eigenvalue weighted by Crippen LogP contribution is -2.47. The Morgan fingerprint density at radius 2 is 2.05 bits per heavy atom. The lowest BCUT2D eigenvalue weighted by Gasteiger charge is -2.34. The number of hydrogen-bond donors (Lipinski definition) is 1. The Morgan fingerprint density at radius 1 is 1.23 bits per heavy atom. The number of hydrogen-bond acceptors (Lipinski definition) is 5. The van der Waals surface area contributed by atoms with Crippen molar-refractivity contribution in [1.29, 1.82) is 0 Å². The maximum Gasteiger partial charge on any atom is 0.242 e. The van der Waals surface area contributed by atoms with Gasteiger partial charge in [0, 0.05) is 11.6 Å². The minimum atomic E-state index is -0.796. The predicted octanol–water partition coefficient (Wildman–Crippen LogP) is 2.19. The first-order valence-corrected chi connectivity index (χ1v) is 7.19. The third kappa shape index (κ3) is 1.73. The van der Waals surface area contributed by atoms with Crippen molar-refractivity contribution in [2.24, 2.45) is 5.73 Å². The summed E-state index contributed by atoms with van der Waals surface area (Å²) in [5.74, 6) is 0.287. The molecule has 2 N–H and O–H groups in total. The number of nitrogens with two attached hydrogens (primary N) is 1. The van der Waals surface area contributed by atoms with E-state index >= 15 is 0 Å². The van der Waals surface area contributed by atoms with Crippen LogP contribution in [-0.2, 0) is 10.2 Å². The molecule has 0 unspecified atom stereocenters. The second-order valence-electron chi connectivity index (χ2n) is 5.60. The lowest BCUT2D eigenvalue weighted by molar-refractivity contribution is -0.127. The summed E-state index contributed by atoms with van der Waals surface area (Å²) >= 11 is 0. The van der Waals surface area contributed by atoms with Crippen molar-refractivity contribution in [3.8, 4) is 11.5 Å². The highest BCUT2D eigenvalue weighted by molar-refractivity contribution is 5.93. The molecule has 1 saturated carbocycles. The van der Waals surface area contributed by atoms with Gasteiger partial charge in [-0.3, -0.25) is 9.78 Å². The molecule has 3 aromatic rings. The molecule has 1 aliphatic carbocycles. The van der Waals surface area contributed by atoms with E-state index in [1.165, 1.54) is 0 Å². The minimum Gasteiger partial charge on any atom is -0.369 e. The second kappa shape index (κ2) is 4.62. The molecule has 6 heteroatoms. The fourth-order valence-corrected chi connectivity index (χ4v) is 2.91. The number of primary amides is 1. The van der Waals surface area contributed by atoms with Crippen molar-refractivity contribution in [1.82, 2.24) is 15.1 Å². The first kappa shape index (κ1) is 12.9. The number of nitrogens with zero attached hydrogens (tertiary/aromatic N) is 3. The highest BCUT2D eigenvalue weighted by Gasteiger charge is 2.49. The van der Waals surface area contributed by atoms with Crippen molar-refractivity contribution in [2.75, 3.05) is 0 Å². The Bertz CT molecular complexity index is 862. The van der Waals surface area contributed by atoms with Crippen LogP contribution in [-0.4, -0.2) is 21.0 Å². The molecule has 110 valence electrons. The molecule has 22 heavy (non-hydrogen) atoms. The molecule has 1 fully saturated rings. The van der Waals surface area contributed by atoms with E-state index in [9.17, 15) is 4.79 Å². The molecular formula is C16H14N4O2. The molecule has 1 amide bonds. The van der Waals surface area contributed by atoms with Gasteiger partial charge in [0.05, 0.1) is 0 Å². The van der Waals surface area contributed by atoms with Crippen LogP contribution in [0, 0.1) is 0 Å². The van der Waals surface area contributed by atoms with Crippen LogP contribution in [0.5, 0.6) is 0 Å². The average molecular weight is 294 g/mol. The number of carbonyl (C=O) groups is 1. The molecule has 0 aliphatic heterocycles. The number of aromatic nitrogens is 3. The summed E-state index contributed by atoms with van der Waals surface area (Å²) in [4.78, 5) is 20.5. The predicted molar refractivity (Wildman–Crippen MR) is 79.8 cm³/mol. The Balaban J connectivity index is 1.83. The second-order valence-corrected chi connectivity index (χ2v) is 5.60. The third-order valence-corrected chi connectivity index (χ3v) is 4.40. The van der Waals surface area contributed by atoms with E-state index in [4.69, 9.17) is 10.3 Å². The van der Waals surface area contributed by atoms with Crippen LogP contribution in [0.3, 0.4) is 0 Å². The first-order chi connectivity index (χ1) is 10.7. The molecule has 0 spiro atoms. The average Bonchev–Trinajstić information content (AvgIpc) is 2.95. The minimum absolute atomic E-state index is 0.302. The van der Waals surface area contributed by atoms with Crippen molar-refractivity contribution in [3.63, 3.8) is 0 Å². The normalized spacial score (nSPS) is 16.4. The molecule has 0 bridgehead atoms. The van der Waals surface area contributed by atoms with Gasteiger partial charge in [-0.15, -0.1) is 0 Å². The summed E-state index contributed by atoms with van der Waals surface area (Å²) in [5, 5.41) is 6.00. The summed E-state index contributed by atoms with van der Waals surface area (Å²) in [6.45, 7) is 0. The van der Waals surface area contributed by atoms with Crippen LogP contribution in [0.25, 0.3) is 22.3 Å². The zero-order valence-corrected chi connectivity index (χ0v) is 11.8. The molecule has 4 rings (SSSR count). The Labute approximate surface area is 126 Å². The summed E-state index contributed by atoms with van der Waals surface area (Å²) in [6.07, 6.45) is 3.97. The highest BCUT2D eigenvalue weighted by atomic mass is 16.5. The number of rotatable bonds is 3. The number of fused-ring (bicyclic) bond motifs is 1. The quantitative estimate of drug-likeness (QED) is 0.799. The van der Waals surface area contributed by atoms with Crippen molar-refractivity contribution >= 4 is 16.7 Å². The smallest absolute Gasteiger partial charge is 0.242 e. The van der Waals surface area contributed by atoms with Gasteiger partial charge in [0.15, 0.2) is 0 Å². The zero-order valence-electron chi connectivity index (χ0n) is 11.8.